The third kappa shape index (κ3) is 2.87. The molecule has 22 heavy (non-hydrogen) atoms. The number of aromatic nitrogens is 2. The molecule has 0 aliphatic rings. The Morgan fingerprint density at radius 1 is 1.05 bits per heavy atom. The van der Waals surface area contributed by atoms with E-state index in [9.17, 15) is 23.2 Å². The molecule has 0 saturated carbocycles. The lowest BCUT2D eigenvalue weighted by atomic mass is 10.2. The summed E-state index contributed by atoms with van der Waals surface area (Å²) in [6.45, 7) is 0. The van der Waals surface area contributed by atoms with Crippen LogP contribution in [0.15, 0.2) is 33.9 Å². The number of carbonyl (C=O) groups excluding carboxylic acids is 1. The Kier molecular flexibility index (Phi) is 4.06. The topological polar surface area (TPSA) is 85.1 Å². The fourth-order valence-corrected chi connectivity index (χ4v) is 1.68. The predicted octanol–water partition coefficient (Wildman–Crippen LogP) is 0.119. The summed E-state index contributed by atoms with van der Waals surface area (Å²) in [7, 11) is 2.71. The number of benzene rings is 1. The summed E-state index contributed by atoms with van der Waals surface area (Å²) in [5.41, 5.74) is 3.31. The number of rotatable bonds is 3. The van der Waals surface area contributed by atoms with E-state index in [1.165, 1.54) is 14.1 Å². The van der Waals surface area contributed by atoms with E-state index in [0.717, 1.165) is 33.4 Å². The summed E-state index contributed by atoms with van der Waals surface area (Å²) in [5, 5.41) is 0. The largest absolute Gasteiger partial charge is 0.332 e. The van der Waals surface area contributed by atoms with E-state index in [0.29, 0.717) is 0 Å². The number of hydrogen-bond acceptors (Lipinski definition) is 4. The fourth-order valence-electron chi connectivity index (χ4n) is 1.68. The second-order valence-corrected chi connectivity index (χ2v) is 4.48. The first-order valence-corrected chi connectivity index (χ1v) is 6.09. The van der Waals surface area contributed by atoms with Gasteiger partial charge in [-0.15, -0.1) is 0 Å². The Labute approximate surface area is 122 Å². The molecule has 1 heterocycles. The lowest BCUT2D eigenvalue weighted by Gasteiger charge is -2.12. The molecule has 1 aromatic heterocycles. The molecule has 0 saturated heterocycles. The smallest absolute Gasteiger partial charge is 0.283 e. The fraction of sp³-hybridized carbons (Fsp3) is 0.154. The SMILES string of the molecule is Cn1c(NNC(=O)c2ccc(F)c(F)c2)cc(=O)n(C)c1=O. The van der Waals surface area contributed by atoms with Crippen molar-refractivity contribution in [2.24, 2.45) is 14.1 Å². The first-order valence-electron chi connectivity index (χ1n) is 6.09. The molecule has 9 heteroatoms. The van der Waals surface area contributed by atoms with Crippen LogP contribution < -0.4 is 22.1 Å². The highest BCUT2D eigenvalue weighted by molar-refractivity contribution is 5.94. The average molecular weight is 310 g/mol. The van der Waals surface area contributed by atoms with E-state index < -0.39 is 28.8 Å². The highest BCUT2D eigenvalue weighted by Gasteiger charge is 2.11. The number of nitrogens with zero attached hydrogens (tertiary/aromatic N) is 2. The molecule has 0 atom stereocenters. The Hall–Kier alpha value is -2.97. The van der Waals surface area contributed by atoms with Gasteiger partial charge in [-0.3, -0.25) is 29.6 Å². The average Bonchev–Trinajstić information content (AvgIpc) is 2.49. The highest BCUT2D eigenvalue weighted by Crippen LogP contribution is 2.08. The molecule has 116 valence electrons. The second kappa shape index (κ2) is 5.80. The Balaban J connectivity index is 2.20. The van der Waals surface area contributed by atoms with E-state index in [-0.39, 0.29) is 11.4 Å². The number of hydrazine groups is 1. The van der Waals surface area contributed by atoms with Crippen LogP contribution in [0.2, 0.25) is 0 Å². The van der Waals surface area contributed by atoms with Crippen molar-refractivity contribution in [1.82, 2.24) is 14.6 Å². The van der Waals surface area contributed by atoms with Crippen molar-refractivity contribution in [3.63, 3.8) is 0 Å². The van der Waals surface area contributed by atoms with Gasteiger partial charge in [0.2, 0.25) is 0 Å². The monoisotopic (exact) mass is 310 g/mol. The van der Waals surface area contributed by atoms with Crippen LogP contribution in [-0.4, -0.2) is 15.0 Å². The van der Waals surface area contributed by atoms with Crippen molar-refractivity contribution in [3.05, 3.63) is 62.3 Å². The maximum atomic E-state index is 13.1. The number of anilines is 1. The molecule has 0 aliphatic carbocycles. The van der Waals surface area contributed by atoms with Crippen molar-refractivity contribution in [2.45, 2.75) is 0 Å². The number of nitrogens with one attached hydrogen (secondary N) is 2. The maximum absolute atomic E-state index is 13.1. The maximum Gasteiger partial charge on any atom is 0.332 e. The van der Waals surface area contributed by atoms with Gasteiger partial charge in [-0.25, -0.2) is 13.6 Å². The summed E-state index contributed by atoms with van der Waals surface area (Å²) in [6.07, 6.45) is 0. The van der Waals surface area contributed by atoms with Crippen LogP contribution in [0, 0.1) is 11.6 Å². The summed E-state index contributed by atoms with van der Waals surface area (Å²) >= 11 is 0. The zero-order valence-electron chi connectivity index (χ0n) is 11.7. The molecule has 0 unspecified atom stereocenters. The van der Waals surface area contributed by atoms with Crippen LogP contribution in [0.1, 0.15) is 10.4 Å². The Morgan fingerprint density at radius 2 is 1.73 bits per heavy atom. The standard InChI is InChI=1S/C13H12F2N4O3/c1-18-10(6-11(20)19(2)13(18)22)16-17-12(21)7-3-4-8(14)9(15)5-7/h3-6,16H,1-2H3,(H,17,21). The molecule has 0 aliphatic heterocycles. The molecule has 2 aromatic rings. The number of carbonyl (C=O) groups is 1. The van der Waals surface area contributed by atoms with Crippen LogP contribution in [-0.2, 0) is 14.1 Å². The predicted molar refractivity (Wildman–Crippen MR) is 74.4 cm³/mol. The minimum absolute atomic E-state index is 0.0454. The van der Waals surface area contributed by atoms with Crippen LogP contribution >= 0.6 is 0 Å². The van der Waals surface area contributed by atoms with E-state index in [2.05, 4.69) is 10.9 Å². The summed E-state index contributed by atoms with van der Waals surface area (Å²) < 4.78 is 27.8. The van der Waals surface area contributed by atoms with E-state index in [1.54, 1.807) is 0 Å². The van der Waals surface area contributed by atoms with Gasteiger partial charge in [0, 0.05) is 25.7 Å². The quantitative estimate of drug-likeness (QED) is 0.789. The van der Waals surface area contributed by atoms with Crippen molar-refractivity contribution < 1.29 is 13.6 Å². The van der Waals surface area contributed by atoms with Crippen LogP contribution in [0.5, 0.6) is 0 Å². The number of halogens is 2. The van der Waals surface area contributed by atoms with E-state index in [1.807, 2.05) is 0 Å². The second-order valence-electron chi connectivity index (χ2n) is 4.48. The van der Waals surface area contributed by atoms with Gasteiger partial charge in [-0.1, -0.05) is 0 Å². The van der Waals surface area contributed by atoms with E-state index >= 15 is 0 Å². The van der Waals surface area contributed by atoms with Gasteiger partial charge in [0.05, 0.1) is 0 Å². The molecule has 2 rings (SSSR count). The van der Waals surface area contributed by atoms with Crippen LogP contribution in [0.25, 0.3) is 0 Å². The van der Waals surface area contributed by atoms with Gasteiger partial charge in [0.25, 0.3) is 11.5 Å². The summed E-state index contributed by atoms with van der Waals surface area (Å²) in [4.78, 5) is 35.0. The van der Waals surface area contributed by atoms with Gasteiger partial charge in [0.15, 0.2) is 11.6 Å². The van der Waals surface area contributed by atoms with Crippen molar-refractivity contribution in [2.75, 3.05) is 5.43 Å². The van der Waals surface area contributed by atoms with Crippen molar-refractivity contribution >= 4 is 11.7 Å². The minimum atomic E-state index is -1.16. The minimum Gasteiger partial charge on any atom is -0.283 e. The molecule has 0 fully saturated rings. The first kappa shape index (κ1) is 15.4. The molecule has 2 N–H and O–H groups in total. The summed E-state index contributed by atoms with van der Waals surface area (Å²) in [6, 6.07) is 3.75. The molecular weight excluding hydrogens is 298 g/mol. The molecular formula is C13H12F2N4O3. The molecule has 7 nitrogen and oxygen atoms in total. The molecule has 0 radical (unpaired) electrons. The van der Waals surface area contributed by atoms with Crippen molar-refractivity contribution in [1.29, 1.82) is 0 Å². The normalized spacial score (nSPS) is 10.4. The van der Waals surface area contributed by atoms with Gasteiger partial charge in [-0.2, -0.15) is 0 Å². The van der Waals surface area contributed by atoms with Crippen LogP contribution in [0.4, 0.5) is 14.6 Å². The first-order chi connectivity index (χ1) is 10.3. The molecule has 1 aromatic carbocycles. The summed E-state index contributed by atoms with van der Waals surface area (Å²) in [5.74, 6) is -2.94. The number of hydrogen-bond donors (Lipinski definition) is 2. The van der Waals surface area contributed by atoms with Gasteiger partial charge in [-0.05, 0) is 18.2 Å². The lowest BCUT2D eigenvalue weighted by Crippen LogP contribution is -2.40. The van der Waals surface area contributed by atoms with Gasteiger partial charge >= 0.3 is 5.69 Å². The van der Waals surface area contributed by atoms with Crippen LogP contribution in [0.3, 0.4) is 0 Å². The van der Waals surface area contributed by atoms with E-state index in [4.69, 9.17) is 0 Å². The molecule has 0 bridgehead atoms. The Bertz CT molecular complexity index is 857. The zero-order chi connectivity index (χ0) is 16.4. The van der Waals surface area contributed by atoms with Gasteiger partial charge in [0.1, 0.15) is 5.82 Å². The third-order valence-corrected chi connectivity index (χ3v) is 3.01. The van der Waals surface area contributed by atoms with Gasteiger partial charge < -0.3 is 0 Å². The third-order valence-electron chi connectivity index (χ3n) is 3.01. The number of amides is 1. The lowest BCUT2D eigenvalue weighted by molar-refractivity contribution is 0.0961. The molecule has 0 spiro atoms. The highest BCUT2D eigenvalue weighted by atomic mass is 19.2. The Morgan fingerprint density at radius 3 is 2.36 bits per heavy atom. The zero-order valence-corrected chi connectivity index (χ0v) is 11.7. The molecule has 1 amide bonds. The van der Waals surface area contributed by atoms with Crippen molar-refractivity contribution in [3.8, 4) is 0 Å².